The third-order valence-corrected chi connectivity index (χ3v) is 3.62. The number of anilines is 1. The molecule has 2 rings (SSSR count). The molecule has 0 spiro atoms. The average Bonchev–Trinajstić information content (AvgIpc) is 2.46. The summed E-state index contributed by atoms with van der Waals surface area (Å²) < 4.78 is 24.8. The molecule has 0 saturated carbocycles. The van der Waals surface area contributed by atoms with Gasteiger partial charge in [-0.3, -0.25) is 0 Å². The van der Waals surface area contributed by atoms with Crippen molar-refractivity contribution >= 4 is 21.6 Å². The van der Waals surface area contributed by atoms with Crippen LogP contribution in [0.15, 0.2) is 40.9 Å². The Kier molecular flexibility index (Phi) is 5.07. The van der Waals surface area contributed by atoms with Crippen LogP contribution in [0.25, 0.3) is 0 Å². The van der Waals surface area contributed by atoms with Gasteiger partial charge in [-0.2, -0.15) is 0 Å². The molecule has 0 heterocycles. The molecular weight excluding hydrogens is 337 g/mol. The van der Waals surface area contributed by atoms with E-state index in [1.165, 1.54) is 13.2 Å². The van der Waals surface area contributed by atoms with Crippen molar-refractivity contribution in [2.45, 2.75) is 13.0 Å². The molecule has 0 amide bonds. The minimum atomic E-state index is -0.365. The Bertz CT molecular complexity index is 634. The Balaban J connectivity index is 2.19. The lowest BCUT2D eigenvalue weighted by Crippen LogP contribution is -2.07. The highest BCUT2D eigenvalue weighted by Gasteiger charge is 2.10. The van der Waals surface area contributed by atoms with Gasteiger partial charge in [-0.25, -0.2) is 4.39 Å². The minimum Gasteiger partial charge on any atom is -0.497 e. The largest absolute Gasteiger partial charge is 0.497 e. The Hall–Kier alpha value is -1.75. The van der Waals surface area contributed by atoms with Crippen LogP contribution >= 0.6 is 15.9 Å². The number of benzene rings is 2. The molecule has 0 bridgehead atoms. The third-order valence-electron chi connectivity index (χ3n) is 3.17. The summed E-state index contributed by atoms with van der Waals surface area (Å²) >= 11 is 3.43. The Morgan fingerprint density at radius 1 is 1.10 bits per heavy atom. The molecule has 1 N–H and O–H groups in total. The van der Waals surface area contributed by atoms with E-state index in [1.807, 2.05) is 31.2 Å². The molecule has 0 radical (unpaired) electrons. The van der Waals surface area contributed by atoms with Gasteiger partial charge in [-0.15, -0.1) is 0 Å². The Morgan fingerprint density at radius 3 is 2.48 bits per heavy atom. The van der Waals surface area contributed by atoms with Gasteiger partial charge in [0.2, 0.25) is 0 Å². The van der Waals surface area contributed by atoms with Crippen LogP contribution in [0.1, 0.15) is 18.5 Å². The summed E-state index contributed by atoms with van der Waals surface area (Å²) in [4.78, 5) is 0. The molecular formula is C16H17BrFNO2. The van der Waals surface area contributed by atoms with Crippen molar-refractivity contribution in [3.05, 3.63) is 52.3 Å². The van der Waals surface area contributed by atoms with Gasteiger partial charge in [0.05, 0.1) is 14.2 Å². The van der Waals surface area contributed by atoms with E-state index in [1.54, 1.807) is 13.2 Å². The molecule has 1 atom stereocenters. The predicted octanol–water partition coefficient (Wildman–Crippen LogP) is 4.78. The maximum absolute atomic E-state index is 13.8. The van der Waals surface area contributed by atoms with Crippen molar-refractivity contribution in [1.82, 2.24) is 0 Å². The van der Waals surface area contributed by atoms with Crippen LogP contribution in [-0.4, -0.2) is 14.2 Å². The van der Waals surface area contributed by atoms with Crippen LogP contribution in [0.2, 0.25) is 0 Å². The third kappa shape index (κ3) is 3.88. The van der Waals surface area contributed by atoms with Gasteiger partial charge >= 0.3 is 0 Å². The second-order valence-electron chi connectivity index (χ2n) is 4.64. The van der Waals surface area contributed by atoms with Gasteiger partial charge in [0.1, 0.15) is 5.75 Å². The van der Waals surface area contributed by atoms with Gasteiger partial charge in [0.15, 0.2) is 11.6 Å². The highest BCUT2D eigenvalue weighted by molar-refractivity contribution is 9.10. The van der Waals surface area contributed by atoms with Gasteiger partial charge in [0.25, 0.3) is 0 Å². The van der Waals surface area contributed by atoms with Crippen molar-refractivity contribution in [2.24, 2.45) is 0 Å². The normalized spacial score (nSPS) is 11.9. The topological polar surface area (TPSA) is 30.5 Å². The highest BCUT2D eigenvalue weighted by Crippen LogP contribution is 2.28. The number of methoxy groups -OCH3 is 2. The van der Waals surface area contributed by atoms with Crippen LogP contribution in [0.3, 0.4) is 0 Å². The van der Waals surface area contributed by atoms with Crippen molar-refractivity contribution < 1.29 is 13.9 Å². The summed E-state index contributed by atoms with van der Waals surface area (Å²) in [5.74, 6) is 0.630. The number of halogens is 2. The van der Waals surface area contributed by atoms with E-state index in [-0.39, 0.29) is 17.6 Å². The Morgan fingerprint density at radius 2 is 1.86 bits per heavy atom. The van der Waals surface area contributed by atoms with E-state index < -0.39 is 0 Å². The maximum atomic E-state index is 13.8. The van der Waals surface area contributed by atoms with E-state index in [0.717, 1.165) is 21.5 Å². The van der Waals surface area contributed by atoms with E-state index in [2.05, 4.69) is 21.2 Å². The molecule has 0 aliphatic heterocycles. The van der Waals surface area contributed by atoms with Gasteiger partial charge < -0.3 is 14.8 Å². The highest BCUT2D eigenvalue weighted by atomic mass is 79.9. The first-order valence-electron chi connectivity index (χ1n) is 6.48. The first kappa shape index (κ1) is 15.6. The minimum absolute atomic E-state index is 0.0515. The van der Waals surface area contributed by atoms with Crippen molar-refractivity contribution in [1.29, 1.82) is 0 Å². The lowest BCUT2D eigenvalue weighted by Gasteiger charge is -2.17. The zero-order chi connectivity index (χ0) is 15.4. The van der Waals surface area contributed by atoms with E-state index in [0.29, 0.717) is 0 Å². The summed E-state index contributed by atoms with van der Waals surface area (Å²) in [5.41, 5.74) is 1.73. The second kappa shape index (κ2) is 6.80. The predicted molar refractivity (Wildman–Crippen MR) is 85.7 cm³/mol. The van der Waals surface area contributed by atoms with Gasteiger partial charge in [-0.1, -0.05) is 22.0 Å². The number of hydrogen-bond donors (Lipinski definition) is 1. The summed E-state index contributed by atoms with van der Waals surface area (Å²) in [6.45, 7) is 1.97. The van der Waals surface area contributed by atoms with Crippen molar-refractivity contribution in [3.8, 4) is 11.5 Å². The van der Waals surface area contributed by atoms with Crippen LogP contribution in [0.5, 0.6) is 11.5 Å². The molecule has 2 aromatic rings. The van der Waals surface area contributed by atoms with Crippen LogP contribution in [-0.2, 0) is 0 Å². The van der Waals surface area contributed by atoms with E-state index in [4.69, 9.17) is 9.47 Å². The number of nitrogens with one attached hydrogen (secondary N) is 1. The Labute approximate surface area is 132 Å². The molecule has 5 heteroatoms. The summed E-state index contributed by atoms with van der Waals surface area (Å²) in [5, 5.41) is 3.32. The molecule has 0 fully saturated rings. The summed E-state index contributed by atoms with van der Waals surface area (Å²) in [7, 11) is 3.07. The molecule has 112 valence electrons. The fourth-order valence-electron chi connectivity index (χ4n) is 2.05. The average molecular weight is 354 g/mol. The fraction of sp³-hybridized carbons (Fsp3) is 0.250. The quantitative estimate of drug-likeness (QED) is 0.838. The first-order valence-corrected chi connectivity index (χ1v) is 7.27. The number of hydrogen-bond acceptors (Lipinski definition) is 3. The first-order chi connectivity index (χ1) is 10.0. The van der Waals surface area contributed by atoms with Crippen molar-refractivity contribution in [2.75, 3.05) is 19.5 Å². The zero-order valence-electron chi connectivity index (χ0n) is 12.1. The lowest BCUT2D eigenvalue weighted by atomic mass is 10.1. The molecule has 0 aliphatic rings. The number of rotatable bonds is 5. The monoisotopic (exact) mass is 353 g/mol. The van der Waals surface area contributed by atoms with E-state index >= 15 is 0 Å². The van der Waals surface area contributed by atoms with Crippen molar-refractivity contribution in [3.63, 3.8) is 0 Å². The van der Waals surface area contributed by atoms with Gasteiger partial charge in [0, 0.05) is 22.3 Å². The smallest absolute Gasteiger partial charge is 0.165 e. The van der Waals surface area contributed by atoms with Gasteiger partial charge in [-0.05, 0) is 36.8 Å². The van der Waals surface area contributed by atoms with E-state index in [9.17, 15) is 4.39 Å². The molecule has 0 aromatic heterocycles. The zero-order valence-corrected chi connectivity index (χ0v) is 13.7. The molecule has 1 unspecified atom stereocenters. The van der Waals surface area contributed by atoms with Crippen LogP contribution in [0.4, 0.5) is 10.1 Å². The van der Waals surface area contributed by atoms with Crippen LogP contribution < -0.4 is 14.8 Å². The summed E-state index contributed by atoms with van der Waals surface area (Å²) in [6.07, 6.45) is 0. The maximum Gasteiger partial charge on any atom is 0.165 e. The molecule has 3 nitrogen and oxygen atoms in total. The number of ether oxygens (including phenoxy) is 2. The molecule has 0 aliphatic carbocycles. The standard InChI is InChI=1S/C16H17BrFNO2/c1-10(11-4-5-16(21-3)15(18)6-11)19-13-7-12(17)8-14(9-13)20-2/h4-10,19H,1-3H3. The summed E-state index contributed by atoms with van der Waals surface area (Å²) in [6, 6.07) is 10.6. The van der Waals surface area contributed by atoms with Crippen LogP contribution in [0, 0.1) is 5.82 Å². The second-order valence-corrected chi connectivity index (χ2v) is 5.56. The molecule has 2 aromatic carbocycles. The fourth-order valence-corrected chi connectivity index (χ4v) is 2.52. The SMILES string of the molecule is COc1cc(Br)cc(NC(C)c2ccc(OC)c(F)c2)c1. The lowest BCUT2D eigenvalue weighted by molar-refractivity contribution is 0.386. The molecule has 0 saturated heterocycles. The molecule has 21 heavy (non-hydrogen) atoms.